The van der Waals surface area contributed by atoms with Gasteiger partial charge >= 0.3 is 0 Å². The minimum atomic E-state index is -0.419. The Bertz CT molecular complexity index is 792. The van der Waals surface area contributed by atoms with Crippen molar-refractivity contribution < 1.29 is 24.2 Å². The van der Waals surface area contributed by atoms with Gasteiger partial charge in [0.05, 0.1) is 25.9 Å². The Balaban J connectivity index is 1.75. The minimum absolute atomic E-state index is 0.0512. The molecule has 0 spiro atoms. The van der Waals surface area contributed by atoms with Gasteiger partial charge in [0.1, 0.15) is 11.5 Å². The molecule has 1 saturated heterocycles. The summed E-state index contributed by atoms with van der Waals surface area (Å²) in [5.41, 5.74) is 1.40. The van der Waals surface area contributed by atoms with Crippen LogP contribution in [0.25, 0.3) is 0 Å². The average Bonchev–Trinajstić information content (AvgIpc) is 3.09. The van der Waals surface area contributed by atoms with Crippen molar-refractivity contribution in [2.24, 2.45) is 5.10 Å². The van der Waals surface area contributed by atoms with Crippen LogP contribution >= 0.6 is 0 Å². The van der Waals surface area contributed by atoms with Crippen LogP contribution in [0.3, 0.4) is 0 Å². The maximum atomic E-state index is 12.5. The van der Waals surface area contributed by atoms with E-state index in [1.165, 1.54) is 7.11 Å². The molecule has 1 aromatic rings. The molecule has 0 radical (unpaired) electrons. The first-order chi connectivity index (χ1) is 13.0. The van der Waals surface area contributed by atoms with Crippen LogP contribution in [-0.4, -0.2) is 60.4 Å². The molecule has 1 fully saturated rings. The third-order valence-corrected chi connectivity index (χ3v) is 4.48. The van der Waals surface area contributed by atoms with Gasteiger partial charge in [0.2, 0.25) is 11.8 Å². The van der Waals surface area contributed by atoms with Crippen LogP contribution in [-0.2, 0) is 14.4 Å². The monoisotopic (exact) mass is 374 g/mol. The number of benzene rings is 1. The lowest BCUT2D eigenvalue weighted by atomic mass is 10.1. The molecule has 9 heteroatoms. The fourth-order valence-electron chi connectivity index (χ4n) is 3.12. The molecule has 0 aromatic heterocycles. The number of rotatable bonds is 6. The molecule has 3 amide bonds. The van der Waals surface area contributed by atoms with Crippen LogP contribution in [0, 0.1) is 0 Å². The fourth-order valence-corrected chi connectivity index (χ4v) is 3.12. The Morgan fingerprint density at radius 3 is 2.74 bits per heavy atom. The van der Waals surface area contributed by atoms with Gasteiger partial charge in [-0.25, -0.2) is 5.01 Å². The molecule has 0 atom stereocenters. The maximum absolute atomic E-state index is 12.5. The third kappa shape index (κ3) is 4.08. The lowest BCUT2D eigenvalue weighted by Crippen LogP contribution is -2.37. The van der Waals surface area contributed by atoms with Crippen molar-refractivity contribution >= 4 is 34.8 Å². The van der Waals surface area contributed by atoms with Crippen molar-refractivity contribution in [1.82, 2.24) is 5.01 Å². The zero-order chi connectivity index (χ0) is 19.4. The first-order valence-corrected chi connectivity index (χ1v) is 8.82. The Labute approximate surface area is 156 Å². The van der Waals surface area contributed by atoms with E-state index < -0.39 is 5.91 Å². The second-order valence-corrected chi connectivity index (χ2v) is 6.28. The SMILES string of the molecule is COc1cc(NC(=O)C2=NN(CCO)C(=O)CC2)ccc1N1CCCC1=O. The molecule has 0 bridgehead atoms. The first kappa shape index (κ1) is 18.8. The van der Waals surface area contributed by atoms with Gasteiger partial charge in [-0.1, -0.05) is 0 Å². The highest BCUT2D eigenvalue weighted by Gasteiger charge is 2.26. The molecule has 9 nitrogen and oxygen atoms in total. The summed E-state index contributed by atoms with van der Waals surface area (Å²) in [6.07, 6.45) is 1.74. The molecule has 0 aliphatic carbocycles. The number of nitrogens with zero attached hydrogens (tertiary/aromatic N) is 3. The molecule has 27 heavy (non-hydrogen) atoms. The van der Waals surface area contributed by atoms with Gasteiger partial charge in [-0.3, -0.25) is 14.4 Å². The van der Waals surface area contributed by atoms with Gasteiger partial charge in [0, 0.05) is 37.6 Å². The number of carbonyl (C=O) groups is 3. The highest BCUT2D eigenvalue weighted by Crippen LogP contribution is 2.33. The fraction of sp³-hybridized carbons (Fsp3) is 0.444. The molecule has 0 unspecified atom stereocenters. The second-order valence-electron chi connectivity index (χ2n) is 6.28. The van der Waals surface area contributed by atoms with Crippen LogP contribution < -0.4 is 15.0 Å². The zero-order valence-corrected chi connectivity index (χ0v) is 15.1. The highest BCUT2D eigenvalue weighted by atomic mass is 16.5. The largest absolute Gasteiger partial charge is 0.494 e. The van der Waals surface area contributed by atoms with Crippen LogP contribution in [0.1, 0.15) is 25.7 Å². The predicted octanol–water partition coefficient (Wildman–Crippen LogP) is 0.731. The van der Waals surface area contributed by atoms with Gasteiger partial charge in [0.25, 0.3) is 5.91 Å². The van der Waals surface area contributed by atoms with Gasteiger partial charge in [-0.2, -0.15) is 5.10 Å². The van der Waals surface area contributed by atoms with E-state index in [9.17, 15) is 14.4 Å². The lowest BCUT2D eigenvalue weighted by Gasteiger charge is -2.22. The number of anilines is 2. The summed E-state index contributed by atoms with van der Waals surface area (Å²) < 4.78 is 5.38. The van der Waals surface area contributed by atoms with E-state index in [1.54, 1.807) is 23.1 Å². The normalized spacial score (nSPS) is 17.2. The molecule has 1 aromatic carbocycles. The number of hydrazone groups is 1. The summed E-state index contributed by atoms with van der Waals surface area (Å²) >= 11 is 0. The summed E-state index contributed by atoms with van der Waals surface area (Å²) in [6, 6.07) is 5.09. The number of β-amino-alcohol motifs (C(OH)–C–C–N with tert-alkyl or cyclic N) is 1. The maximum Gasteiger partial charge on any atom is 0.271 e. The Kier molecular flexibility index (Phi) is 5.70. The number of hydrogen-bond acceptors (Lipinski definition) is 6. The van der Waals surface area contributed by atoms with Gasteiger partial charge in [-0.15, -0.1) is 0 Å². The molecule has 2 aliphatic heterocycles. The molecule has 2 aliphatic rings. The average molecular weight is 374 g/mol. The van der Waals surface area contributed by atoms with Crippen LogP contribution in [0.5, 0.6) is 5.75 Å². The van der Waals surface area contributed by atoms with Crippen LogP contribution in [0.15, 0.2) is 23.3 Å². The summed E-state index contributed by atoms with van der Waals surface area (Å²) in [4.78, 5) is 37.8. The Morgan fingerprint density at radius 2 is 2.07 bits per heavy atom. The number of aliphatic hydroxyl groups excluding tert-OH is 1. The first-order valence-electron chi connectivity index (χ1n) is 8.82. The minimum Gasteiger partial charge on any atom is -0.494 e. The van der Waals surface area contributed by atoms with Crippen LogP contribution in [0.2, 0.25) is 0 Å². The summed E-state index contributed by atoms with van der Waals surface area (Å²) in [7, 11) is 1.51. The quantitative estimate of drug-likeness (QED) is 0.762. The molecule has 0 saturated carbocycles. The Hall–Kier alpha value is -2.94. The zero-order valence-electron chi connectivity index (χ0n) is 15.1. The Morgan fingerprint density at radius 1 is 1.26 bits per heavy atom. The third-order valence-electron chi connectivity index (χ3n) is 4.48. The standard InChI is InChI=1S/C18H22N4O5/c1-27-15-11-12(4-6-14(15)21-8-2-3-16(21)24)19-18(26)13-5-7-17(25)22(20-13)9-10-23/h4,6,11,23H,2-3,5,7-10H2,1H3,(H,19,26). The van der Waals surface area contributed by atoms with Gasteiger partial charge < -0.3 is 20.1 Å². The van der Waals surface area contributed by atoms with Crippen molar-refractivity contribution in [3.8, 4) is 5.75 Å². The van der Waals surface area contributed by atoms with Gasteiger partial charge in [0.15, 0.2) is 0 Å². The second kappa shape index (κ2) is 8.17. The van der Waals surface area contributed by atoms with Crippen molar-refractivity contribution in [3.05, 3.63) is 18.2 Å². The smallest absolute Gasteiger partial charge is 0.271 e. The van der Waals surface area contributed by atoms with Crippen LogP contribution in [0.4, 0.5) is 11.4 Å². The van der Waals surface area contributed by atoms with Crippen molar-refractivity contribution in [2.45, 2.75) is 25.7 Å². The lowest BCUT2D eigenvalue weighted by molar-refractivity contribution is -0.132. The van der Waals surface area contributed by atoms with E-state index in [4.69, 9.17) is 9.84 Å². The molecule has 2 heterocycles. The summed E-state index contributed by atoms with van der Waals surface area (Å²) in [5, 5.41) is 16.9. The summed E-state index contributed by atoms with van der Waals surface area (Å²) in [6.45, 7) is 0.479. The van der Waals surface area contributed by atoms with E-state index in [2.05, 4.69) is 10.4 Å². The molecular weight excluding hydrogens is 352 g/mol. The number of amides is 3. The number of nitrogens with one attached hydrogen (secondary N) is 1. The van der Waals surface area contributed by atoms with E-state index in [1.807, 2.05) is 0 Å². The number of methoxy groups -OCH3 is 1. The number of hydrogen-bond donors (Lipinski definition) is 2. The number of carbonyl (C=O) groups excluding carboxylic acids is 3. The van der Waals surface area contributed by atoms with Crippen molar-refractivity contribution in [3.63, 3.8) is 0 Å². The number of aliphatic hydroxyl groups is 1. The van der Waals surface area contributed by atoms with Crippen molar-refractivity contribution in [2.75, 3.05) is 37.0 Å². The van der Waals surface area contributed by atoms with E-state index >= 15 is 0 Å². The molecular formula is C18H22N4O5. The van der Waals surface area contributed by atoms with E-state index in [0.29, 0.717) is 30.1 Å². The molecule has 2 N–H and O–H groups in total. The van der Waals surface area contributed by atoms with Crippen molar-refractivity contribution in [1.29, 1.82) is 0 Å². The van der Waals surface area contributed by atoms with E-state index in [0.717, 1.165) is 11.4 Å². The number of ether oxygens (including phenoxy) is 1. The van der Waals surface area contributed by atoms with Gasteiger partial charge in [-0.05, 0) is 18.6 Å². The molecule has 3 rings (SSSR count). The summed E-state index contributed by atoms with van der Waals surface area (Å²) in [5.74, 6) is -0.0969. The molecule has 144 valence electrons. The topological polar surface area (TPSA) is 112 Å². The highest BCUT2D eigenvalue weighted by molar-refractivity contribution is 6.43. The van der Waals surface area contributed by atoms with E-state index in [-0.39, 0.29) is 43.5 Å². The predicted molar refractivity (Wildman–Crippen MR) is 98.7 cm³/mol.